The molecular weight excluding hydrogens is 532 g/mol. The first-order valence-corrected chi connectivity index (χ1v) is 16.8. The summed E-state index contributed by atoms with van der Waals surface area (Å²) < 4.78 is 1.48. The predicted molar refractivity (Wildman–Crippen MR) is 164 cm³/mol. The van der Waals surface area contributed by atoms with Gasteiger partial charge in [-0.25, -0.2) is 4.98 Å². The maximum atomic E-state index is 13.6. The molecule has 2 N–H and O–H groups in total. The van der Waals surface area contributed by atoms with Crippen LogP contribution in [0.15, 0.2) is 27.9 Å². The fourth-order valence-corrected chi connectivity index (χ4v) is 10.8. The number of fused-ring (bicyclic) bond motifs is 1. The molecule has 7 rings (SSSR count). The Bertz CT molecular complexity index is 1380. The second-order valence-electron chi connectivity index (χ2n) is 14.4. The number of carbonyl (C=O) groups is 2. The molecule has 2 amide bonds. The van der Waals surface area contributed by atoms with Gasteiger partial charge in [-0.1, -0.05) is 39.2 Å². The van der Waals surface area contributed by atoms with Gasteiger partial charge < -0.3 is 5.32 Å². The Balaban J connectivity index is 0.974. The number of piperidine rings is 1. The number of imide groups is 1. The number of amides is 2. The van der Waals surface area contributed by atoms with Crippen LogP contribution in [0.1, 0.15) is 109 Å². The Morgan fingerprint density at radius 3 is 2.46 bits per heavy atom. The molecule has 4 bridgehead atoms. The zero-order valence-corrected chi connectivity index (χ0v) is 25.8. The molecule has 2 unspecified atom stereocenters. The molecule has 1 aromatic heterocycles. The van der Waals surface area contributed by atoms with Crippen molar-refractivity contribution in [2.75, 3.05) is 12.3 Å². The first-order chi connectivity index (χ1) is 19.6. The van der Waals surface area contributed by atoms with Crippen LogP contribution in [0.2, 0.25) is 0 Å². The SMILES string of the molecule is Cc1nc2cccc(SCCCCCCCNC34CC5CC(C)(CC(C)(C5)C3)C4)c2c(=O)n1[C@H]1CCC(=O)NC1=O. The van der Waals surface area contributed by atoms with Crippen molar-refractivity contribution >= 4 is 34.5 Å². The standard InChI is InChI=1S/C33H46N4O3S/c1-22-35-24-10-9-11-26(28(24)30(40)37(22)25-12-13-27(38)36-29(25)39)41-15-8-6-4-5-7-14-34-33-18-23-16-31(2,20-33)19-32(3,17-23)21-33/h9-11,23,25,34H,4-8,12-21H2,1-3H3,(H,36,38,39)/t23?,25-,31?,32?,33?/m0/s1. The second-order valence-corrected chi connectivity index (χ2v) is 15.5. The lowest BCUT2D eigenvalue weighted by molar-refractivity contribution is -0.135. The zero-order valence-electron chi connectivity index (χ0n) is 25.0. The van der Waals surface area contributed by atoms with E-state index in [1.807, 2.05) is 18.2 Å². The largest absolute Gasteiger partial charge is 0.311 e. The van der Waals surface area contributed by atoms with E-state index in [-0.39, 0.29) is 17.9 Å². The van der Waals surface area contributed by atoms with E-state index < -0.39 is 11.9 Å². The number of thioether (sulfide) groups is 1. The fraction of sp³-hybridized carbons (Fsp3) is 0.697. The van der Waals surface area contributed by atoms with Gasteiger partial charge in [0.2, 0.25) is 11.8 Å². The summed E-state index contributed by atoms with van der Waals surface area (Å²) in [5.74, 6) is 1.68. The average Bonchev–Trinajstić information content (AvgIpc) is 2.86. The van der Waals surface area contributed by atoms with Crippen molar-refractivity contribution in [3.63, 3.8) is 0 Å². The van der Waals surface area contributed by atoms with Crippen molar-refractivity contribution < 1.29 is 9.59 Å². The van der Waals surface area contributed by atoms with E-state index in [2.05, 4.69) is 29.5 Å². The van der Waals surface area contributed by atoms with Crippen LogP contribution in [0.25, 0.3) is 10.9 Å². The van der Waals surface area contributed by atoms with Crippen molar-refractivity contribution in [3.8, 4) is 0 Å². The van der Waals surface area contributed by atoms with E-state index in [4.69, 9.17) is 0 Å². The number of unbranched alkanes of at least 4 members (excludes halogenated alkanes) is 4. The first-order valence-electron chi connectivity index (χ1n) is 15.8. The Hall–Kier alpha value is -2.19. The van der Waals surface area contributed by atoms with Crippen LogP contribution in [0.4, 0.5) is 0 Å². The van der Waals surface area contributed by atoms with Crippen LogP contribution < -0.4 is 16.2 Å². The van der Waals surface area contributed by atoms with Gasteiger partial charge in [0.25, 0.3) is 5.56 Å². The Labute approximate surface area is 248 Å². The summed E-state index contributed by atoms with van der Waals surface area (Å²) >= 11 is 1.71. The van der Waals surface area contributed by atoms with E-state index in [1.165, 1.54) is 68.8 Å². The summed E-state index contributed by atoms with van der Waals surface area (Å²) in [4.78, 5) is 43.3. The van der Waals surface area contributed by atoms with Crippen molar-refractivity contribution in [2.45, 2.75) is 121 Å². The Morgan fingerprint density at radius 1 is 1.00 bits per heavy atom. The minimum Gasteiger partial charge on any atom is -0.311 e. The summed E-state index contributed by atoms with van der Waals surface area (Å²) in [6, 6.07) is 5.10. The number of hydrogen-bond acceptors (Lipinski definition) is 6. The van der Waals surface area contributed by atoms with Gasteiger partial charge >= 0.3 is 0 Å². The highest BCUT2D eigenvalue weighted by molar-refractivity contribution is 7.99. The van der Waals surface area contributed by atoms with Gasteiger partial charge in [-0.2, -0.15) is 0 Å². The van der Waals surface area contributed by atoms with E-state index in [0.29, 0.717) is 39.5 Å². The second kappa shape index (κ2) is 11.1. The van der Waals surface area contributed by atoms with Gasteiger partial charge in [0.15, 0.2) is 0 Å². The zero-order chi connectivity index (χ0) is 28.8. The van der Waals surface area contributed by atoms with Gasteiger partial charge in [-0.15, -0.1) is 11.8 Å². The Kier molecular flexibility index (Phi) is 7.86. The molecule has 1 aliphatic heterocycles. The van der Waals surface area contributed by atoms with Crippen molar-refractivity contribution in [1.29, 1.82) is 0 Å². The van der Waals surface area contributed by atoms with Crippen LogP contribution in [-0.2, 0) is 9.59 Å². The van der Waals surface area contributed by atoms with Crippen molar-refractivity contribution in [3.05, 3.63) is 34.4 Å². The van der Waals surface area contributed by atoms with E-state index in [1.54, 1.807) is 18.7 Å². The van der Waals surface area contributed by atoms with E-state index >= 15 is 0 Å². The highest BCUT2D eigenvalue weighted by Crippen LogP contribution is 2.66. The maximum absolute atomic E-state index is 13.6. The summed E-state index contributed by atoms with van der Waals surface area (Å²) in [5.41, 5.74) is 2.00. The monoisotopic (exact) mass is 578 g/mol. The molecule has 0 spiro atoms. The fourth-order valence-electron chi connectivity index (χ4n) is 9.68. The number of hydrogen-bond donors (Lipinski definition) is 2. The van der Waals surface area contributed by atoms with E-state index in [0.717, 1.165) is 29.5 Å². The normalized spacial score (nSPS) is 32.6. The summed E-state index contributed by atoms with van der Waals surface area (Å²) in [6.45, 7) is 8.00. The highest BCUT2D eigenvalue weighted by Gasteiger charge is 2.59. The van der Waals surface area contributed by atoms with Crippen molar-refractivity contribution in [1.82, 2.24) is 20.2 Å². The highest BCUT2D eigenvalue weighted by atomic mass is 32.2. The van der Waals surface area contributed by atoms with Crippen LogP contribution in [0.3, 0.4) is 0 Å². The molecule has 1 saturated heterocycles. The molecule has 222 valence electrons. The number of aryl methyl sites for hydroxylation is 1. The van der Waals surface area contributed by atoms with E-state index in [9.17, 15) is 14.4 Å². The maximum Gasteiger partial charge on any atom is 0.263 e. The van der Waals surface area contributed by atoms with Gasteiger partial charge in [-0.3, -0.25) is 24.3 Å². The quantitative estimate of drug-likeness (QED) is 0.191. The van der Waals surface area contributed by atoms with Crippen LogP contribution in [0, 0.1) is 23.7 Å². The third kappa shape index (κ3) is 5.88. The number of nitrogens with one attached hydrogen (secondary N) is 2. The third-order valence-electron chi connectivity index (χ3n) is 10.3. The van der Waals surface area contributed by atoms with Crippen LogP contribution >= 0.6 is 11.8 Å². The summed E-state index contributed by atoms with van der Waals surface area (Å²) in [7, 11) is 0. The van der Waals surface area contributed by atoms with Crippen molar-refractivity contribution in [2.24, 2.45) is 16.7 Å². The molecule has 4 saturated carbocycles. The molecule has 8 heteroatoms. The topological polar surface area (TPSA) is 93.1 Å². The molecule has 5 fully saturated rings. The summed E-state index contributed by atoms with van der Waals surface area (Å²) in [5, 5.41) is 7.02. The van der Waals surface area contributed by atoms with Gasteiger partial charge in [0, 0.05) is 16.9 Å². The predicted octanol–water partition coefficient (Wildman–Crippen LogP) is 6.06. The molecule has 41 heavy (non-hydrogen) atoms. The Morgan fingerprint density at radius 2 is 1.73 bits per heavy atom. The lowest BCUT2D eigenvalue weighted by Crippen LogP contribution is -2.64. The van der Waals surface area contributed by atoms with Crippen LogP contribution in [-0.4, -0.2) is 39.2 Å². The minimum absolute atomic E-state index is 0.195. The number of aromatic nitrogens is 2. The lowest BCUT2D eigenvalue weighted by atomic mass is 9.43. The molecular formula is C33H46N4O3S. The molecule has 1 aromatic carbocycles. The van der Waals surface area contributed by atoms with Gasteiger partial charge in [0.05, 0.1) is 10.9 Å². The smallest absolute Gasteiger partial charge is 0.263 e. The minimum atomic E-state index is -0.696. The lowest BCUT2D eigenvalue weighted by Gasteiger charge is -2.65. The molecule has 5 aliphatic rings. The molecule has 2 aromatic rings. The molecule has 4 aliphatic carbocycles. The molecule has 0 radical (unpaired) electrons. The summed E-state index contributed by atoms with van der Waals surface area (Å²) in [6.07, 6.45) is 15.1. The number of benzene rings is 1. The number of nitrogens with zero attached hydrogens (tertiary/aromatic N) is 2. The van der Waals surface area contributed by atoms with Crippen LogP contribution in [0.5, 0.6) is 0 Å². The first kappa shape index (κ1) is 28.9. The third-order valence-corrected chi connectivity index (χ3v) is 11.4. The average molecular weight is 579 g/mol. The van der Waals surface area contributed by atoms with Gasteiger partial charge in [0.1, 0.15) is 11.9 Å². The molecule has 3 atom stereocenters. The molecule has 7 nitrogen and oxygen atoms in total. The number of carbonyl (C=O) groups excluding carboxylic acids is 2. The molecule has 2 heterocycles. The van der Waals surface area contributed by atoms with Gasteiger partial charge in [-0.05, 0) is 106 Å². The number of rotatable bonds is 11.